The van der Waals surface area contributed by atoms with E-state index in [1.807, 2.05) is 41.3 Å². The third-order valence-corrected chi connectivity index (χ3v) is 10.0. The van der Waals surface area contributed by atoms with Crippen LogP contribution in [0.4, 0.5) is 17.1 Å². The molecule has 1 heteroatoms. The maximum Gasteiger partial charge on any atom is 0.0726 e. The van der Waals surface area contributed by atoms with E-state index in [1.165, 1.54) is 22.8 Å². The van der Waals surface area contributed by atoms with E-state index in [0.29, 0.717) is 5.69 Å². The predicted molar refractivity (Wildman–Crippen MR) is 208 cm³/mol. The van der Waals surface area contributed by atoms with Crippen molar-refractivity contribution in [2.75, 3.05) is 4.90 Å². The van der Waals surface area contributed by atoms with Gasteiger partial charge in [0.15, 0.2) is 0 Å². The average molecular weight is 646 g/mol. The van der Waals surface area contributed by atoms with E-state index in [2.05, 4.69) is 84.9 Å². The monoisotopic (exact) mass is 645 g/mol. The van der Waals surface area contributed by atoms with Crippen molar-refractivity contribution in [2.24, 2.45) is 0 Å². The fourth-order valence-corrected chi connectivity index (χ4v) is 8.06. The molecule has 50 heavy (non-hydrogen) atoms. The zero-order valence-corrected chi connectivity index (χ0v) is 26.7. The summed E-state index contributed by atoms with van der Waals surface area (Å²) in [7, 11) is 0. The quantitative estimate of drug-likeness (QED) is 0.180. The number of benzene rings is 8. The fraction of sp³-hybridized carbons (Fsp3) is 0.0204. The van der Waals surface area contributed by atoms with Crippen molar-refractivity contribution in [2.45, 2.75) is 5.41 Å². The lowest BCUT2D eigenvalue weighted by Crippen LogP contribution is -2.26. The van der Waals surface area contributed by atoms with Gasteiger partial charge in [0.05, 0.1) is 19.1 Å². The van der Waals surface area contributed by atoms with Crippen LogP contribution in [0.15, 0.2) is 200 Å². The van der Waals surface area contributed by atoms with Gasteiger partial charge < -0.3 is 4.90 Å². The van der Waals surface area contributed by atoms with E-state index in [9.17, 15) is 0 Å². The van der Waals surface area contributed by atoms with E-state index >= 15 is 0 Å². The second-order valence-corrected chi connectivity index (χ2v) is 12.6. The summed E-state index contributed by atoms with van der Waals surface area (Å²) in [5, 5.41) is 0. The first-order chi connectivity index (χ1) is 28.9. The van der Waals surface area contributed by atoms with Gasteiger partial charge in [0.25, 0.3) is 0 Å². The van der Waals surface area contributed by atoms with E-state index in [1.54, 1.807) is 12.1 Å². The Bertz CT molecular complexity index is 2920. The molecule has 0 bridgehead atoms. The van der Waals surface area contributed by atoms with Crippen LogP contribution in [0.1, 0.15) is 36.0 Å². The molecule has 0 radical (unpaired) electrons. The Balaban J connectivity index is 1.29. The van der Waals surface area contributed by atoms with Crippen LogP contribution in [0.3, 0.4) is 0 Å². The molecule has 0 atom stereocenters. The first-order valence-corrected chi connectivity index (χ1v) is 16.5. The Kier molecular flexibility index (Phi) is 4.57. The maximum absolute atomic E-state index is 8.95. The molecule has 0 N–H and O–H groups in total. The lowest BCUT2D eigenvalue weighted by Gasteiger charge is -2.32. The van der Waals surface area contributed by atoms with Crippen molar-refractivity contribution < 1.29 is 13.7 Å². The minimum atomic E-state index is -0.648. The van der Waals surface area contributed by atoms with Gasteiger partial charge in [-0.25, -0.2) is 0 Å². The number of nitrogens with zero attached hydrogens (tertiary/aromatic N) is 1. The van der Waals surface area contributed by atoms with Gasteiger partial charge in [0.2, 0.25) is 0 Å². The zero-order valence-electron chi connectivity index (χ0n) is 36.7. The van der Waals surface area contributed by atoms with Crippen molar-refractivity contribution in [3.8, 4) is 44.5 Å². The van der Waals surface area contributed by atoms with Crippen LogP contribution < -0.4 is 4.90 Å². The van der Waals surface area contributed by atoms with Crippen molar-refractivity contribution in [1.29, 1.82) is 0 Å². The lowest BCUT2D eigenvalue weighted by molar-refractivity contribution is 0.793. The molecule has 0 unspecified atom stereocenters. The van der Waals surface area contributed by atoms with Gasteiger partial charge in [-0.1, -0.05) is 157 Å². The summed E-state index contributed by atoms with van der Waals surface area (Å²) in [5.74, 6) is 0. The standard InChI is InChI=1S/C49H33N/c1-4-16-34(17-5-1)36-30-37(35-18-6-2-7-19-35)32-40(31-36)50(38-20-8-3-9-21-38)39-28-29-44-43-24-12-15-27-47(43)49(48(44)33-39)45-25-13-10-22-41(45)42-23-11-14-26-46(42)49/h1-33H/i1D,2D,4D,5D,6D,7D,16D,17D,18D,19D. The highest BCUT2D eigenvalue weighted by Gasteiger charge is 2.51. The molecule has 8 aromatic rings. The molecule has 0 aromatic heterocycles. The molecule has 0 heterocycles. The second kappa shape index (κ2) is 11.3. The normalized spacial score (nSPS) is 15.8. The maximum atomic E-state index is 8.95. The molecular weight excluding hydrogens is 603 g/mol. The average Bonchev–Trinajstić information content (AvgIpc) is 3.74. The summed E-state index contributed by atoms with van der Waals surface area (Å²) in [6.07, 6.45) is 0. The first-order valence-electron chi connectivity index (χ1n) is 21.5. The Hall–Kier alpha value is -6.44. The molecule has 0 saturated heterocycles. The summed E-state index contributed by atoms with van der Waals surface area (Å²) < 4.78 is 86.4. The largest absolute Gasteiger partial charge is 0.310 e. The highest BCUT2D eigenvalue weighted by Crippen LogP contribution is 2.63. The molecule has 2 aliphatic rings. The molecule has 234 valence electrons. The predicted octanol–water partition coefficient (Wildman–Crippen LogP) is 12.8. The Morgan fingerprint density at radius 2 is 0.800 bits per heavy atom. The van der Waals surface area contributed by atoms with Crippen LogP contribution >= 0.6 is 0 Å². The summed E-state index contributed by atoms with van der Waals surface area (Å²) >= 11 is 0. The van der Waals surface area contributed by atoms with Gasteiger partial charge in [-0.2, -0.15) is 0 Å². The third-order valence-electron chi connectivity index (χ3n) is 10.0. The number of fused-ring (bicyclic) bond motifs is 10. The summed E-state index contributed by atoms with van der Waals surface area (Å²) in [4.78, 5) is 2.00. The number of hydrogen-bond acceptors (Lipinski definition) is 1. The fourth-order valence-electron chi connectivity index (χ4n) is 8.06. The molecule has 0 amide bonds. The molecule has 1 spiro atoms. The SMILES string of the molecule is [2H]c1c([2H])c([2H])c(-c2cc(-c3c([2H])c([2H])c([2H])c([2H])c3[2H])cc(N(c3ccccc3)c3ccc4c(c3)C3(c5ccccc5-c5ccccc53)c3ccccc3-4)c2)c([2H])c1[2H]. The number of hydrogen-bond donors (Lipinski definition) is 0. The van der Waals surface area contributed by atoms with Crippen LogP contribution in [0, 0.1) is 0 Å². The molecular formula is C49H33N. The van der Waals surface area contributed by atoms with Gasteiger partial charge in [-0.15, -0.1) is 0 Å². The molecule has 2 aliphatic carbocycles. The highest BCUT2D eigenvalue weighted by atomic mass is 15.1. The van der Waals surface area contributed by atoms with Crippen LogP contribution in [-0.4, -0.2) is 0 Å². The smallest absolute Gasteiger partial charge is 0.0726 e. The zero-order chi connectivity index (χ0) is 41.8. The summed E-state index contributed by atoms with van der Waals surface area (Å²) in [5.41, 5.74) is 10.7. The van der Waals surface area contributed by atoms with Gasteiger partial charge in [0, 0.05) is 17.1 Å². The molecule has 8 aromatic carbocycles. The topological polar surface area (TPSA) is 3.24 Å². The lowest BCUT2D eigenvalue weighted by atomic mass is 9.70. The first kappa shape index (κ1) is 20.2. The Morgan fingerprint density at radius 1 is 0.340 bits per heavy atom. The molecule has 1 nitrogen and oxygen atoms in total. The number of anilines is 3. The van der Waals surface area contributed by atoms with Crippen molar-refractivity contribution in [1.82, 2.24) is 0 Å². The third kappa shape index (κ3) is 4.20. The minimum absolute atomic E-state index is 0.0768. The number of rotatable bonds is 5. The second-order valence-electron chi connectivity index (χ2n) is 12.6. The van der Waals surface area contributed by atoms with Crippen molar-refractivity contribution in [3.05, 3.63) is 222 Å². The van der Waals surface area contributed by atoms with Gasteiger partial charge in [-0.05, 0) is 109 Å². The van der Waals surface area contributed by atoms with E-state index in [-0.39, 0.29) is 22.3 Å². The Morgan fingerprint density at radius 3 is 1.32 bits per heavy atom. The Labute approximate surface area is 307 Å². The van der Waals surface area contributed by atoms with E-state index < -0.39 is 65.8 Å². The van der Waals surface area contributed by atoms with Crippen LogP contribution in [0.25, 0.3) is 44.5 Å². The van der Waals surface area contributed by atoms with Crippen molar-refractivity contribution >= 4 is 17.1 Å². The summed E-state index contributed by atoms with van der Waals surface area (Å²) in [6.45, 7) is 0. The molecule has 10 rings (SSSR count). The van der Waals surface area contributed by atoms with Crippen molar-refractivity contribution in [3.63, 3.8) is 0 Å². The summed E-state index contributed by atoms with van der Waals surface area (Å²) in [6, 6.07) is 41.7. The van der Waals surface area contributed by atoms with Gasteiger partial charge in [-0.3, -0.25) is 0 Å². The highest BCUT2D eigenvalue weighted by molar-refractivity contribution is 5.96. The van der Waals surface area contributed by atoms with E-state index in [4.69, 9.17) is 13.7 Å². The van der Waals surface area contributed by atoms with Crippen LogP contribution in [0.2, 0.25) is 0 Å². The molecule has 0 fully saturated rings. The van der Waals surface area contributed by atoms with Crippen LogP contribution in [0.5, 0.6) is 0 Å². The minimum Gasteiger partial charge on any atom is -0.310 e. The molecule has 0 aliphatic heterocycles. The van der Waals surface area contributed by atoms with Crippen LogP contribution in [-0.2, 0) is 5.41 Å². The van der Waals surface area contributed by atoms with Gasteiger partial charge in [0.1, 0.15) is 0 Å². The molecule has 0 saturated carbocycles. The van der Waals surface area contributed by atoms with E-state index in [0.717, 1.165) is 39.2 Å². The van der Waals surface area contributed by atoms with Gasteiger partial charge >= 0.3 is 0 Å². The number of para-hydroxylation sites is 1.